The van der Waals surface area contributed by atoms with E-state index in [0.717, 1.165) is 10.5 Å². The van der Waals surface area contributed by atoms with Crippen molar-refractivity contribution in [3.8, 4) is 0 Å². The van der Waals surface area contributed by atoms with Crippen LogP contribution in [0.15, 0.2) is 42.5 Å². The monoisotopic (exact) mass is 939 g/mol. The molecule has 0 saturated carbocycles. The Morgan fingerprint density at radius 3 is 2.13 bits per heavy atom. The first kappa shape index (κ1) is 54.8. The molecule has 3 aliphatic rings. The summed E-state index contributed by atoms with van der Waals surface area (Å²) in [6.45, 7) is 9.73. The van der Waals surface area contributed by atoms with Crippen LogP contribution in [-0.2, 0) is 59.0 Å². The number of hydrogen-bond acceptors (Lipinski definition) is 11. The number of rotatable bonds is 27. The van der Waals surface area contributed by atoms with Crippen molar-refractivity contribution in [1.29, 1.82) is 0 Å². The first-order chi connectivity index (χ1) is 31.8. The normalized spacial score (nSPS) is 21.5. The summed E-state index contributed by atoms with van der Waals surface area (Å²) in [6.07, 6.45) is 4.45. The highest BCUT2D eigenvalue weighted by molar-refractivity contribution is 6.12. The summed E-state index contributed by atoms with van der Waals surface area (Å²) in [5, 5.41) is 0. The molecule has 4 rings (SSSR count). The Hall–Kier alpha value is -4.83. The van der Waals surface area contributed by atoms with Gasteiger partial charge in [0.25, 0.3) is 11.8 Å². The summed E-state index contributed by atoms with van der Waals surface area (Å²) >= 11 is 0. The molecule has 3 aliphatic heterocycles. The minimum Gasteiger partial charge on any atom is -0.469 e. The van der Waals surface area contributed by atoms with E-state index in [-0.39, 0.29) is 98.9 Å². The molecule has 5 amide bonds. The quantitative estimate of drug-likeness (QED) is 0.0614. The average molecular weight is 939 g/mol. The van der Waals surface area contributed by atoms with Crippen molar-refractivity contribution >= 4 is 47.1 Å². The lowest BCUT2D eigenvalue weighted by molar-refractivity contribution is -0.150. The number of esters is 1. The predicted molar refractivity (Wildman–Crippen MR) is 249 cm³/mol. The Morgan fingerprint density at radius 2 is 1.54 bits per heavy atom. The molecular formula is C51H75FN4O11. The van der Waals surface area contributed by atoms with Gasteiger partial charge in [0, 0.05) is 90.6 Å². The number of carbonyl (C=O) groups excluding carboxylic acids is 8. The third-order valence-corrected chi connectivity index (χ3v) is 14.4. The zero-order valence-corrected chi connectivity index (χ0v) is 41.2. The highest BCUT2D eigenvalue weighted by Crippen LogP contribution is 2.34. The van der Waals surface area contributed by atoms with E-state index in [2.05, 4.69) is 0 Å². The van der Waals surface area contributed by atoms with Gasteiger partial charge in [-0.15, -0.1) is 0 Å². The van der Waals surface area contributed by atoms with Gasteiger partial charge in [-0.3, -0.25) is 43.3 Å². The van der Waals surface area contributed by atoms with Crippen LogP contribution in [0.2, 0.25) is 0 Å². The summed E-state index contributed by atoms with van der Waals surface area (Å²) < 4.78 is 33.5. The van der Waals surface area contributed by atoms with Crippen molar-refractivity contribution in [2.24, 2.45) is 29.6 Å². The Bertz CT molecular complexity index is 1910. The minimum absolute atomic E-state index is 0.0462. The second-order valence-electron chi connectivity index (χ2n) is 19.2. The van der Waals surface area contributed by atoms with E-state index in [1.807, 2.05) is 58.0 Å². The zero-order chi connectivity index (χ0) is 49.6. The number of benzene rings is 1. The number of likely N-dealkylation sites (N-methyl/N-ethyl adjacent to an activating group) is 1. The fourth-order valence-corrected chi connectivity index (χ4v) is 10.1. The Balaban J connectivity index is 1.38. The van der Waals surface area contributed by atoms with E-state index in [1.165, 1.54) is 38.4 Å². The van der Waals surface area contributed by atoms with Crippen molar-refractivity contribution < 1.29 is 57.0 Å². The van der Waals surface area contributed by atoms with E-state index >= 15 is 4.39 Å². The topological polar surface area (TPSA) is 177 Å². The fraction of sp³-hybridized carbons (Fsp3) is 0.686. The molecule has 2 saturated heterocycles. The zero-order valence-electron chi connectivity index (χ0n) is 41.2. The molecule has 0 aliphatic carbocycles. The van der Waals surface area contributed by atoms with E-state index < -0.39 is 59.5 Å². The van der Waals surface area contributed by atoms with Crippen LogP contribution in [0.3, 0.4) is 0 Å². The van der Waals surface area contributed by atoms with Crippen LogP contribution in [0.5, 0.6) is 0 Å². The van der Waals surface area contributed by atoms with Gasteiger partial charge in [0.2, 0.25) is 17.7 Å². The predicted octanol–water partition coefficient (Wildman–Crippen LogP) is 5.56. The highest BCUT2D eigenvalue weighted by atomic mass is 19.1. The SMILES string of the molecule is CC[C@H](C)[C@@H]([C@@H](CC(=O)N1CCC[C@H]1[C@H](OC)[C@@H](C)C(=O)C[C@@H](Cc1ccccc1)C(=O)OC)OC)N(C)C(=O)[C@@H](CC(=O)[C@]1(F)CCN(C(=O)CCCCCN2C(=O)C=CC2=O)C1)C(C)C. The number of hydrogen-bond donors (Lipinski definition) is 0. The number of imide groups is 1. The fourth-order valence-electron chi connectivity index (χ4n) is 10.1. The molecule has 67 heavy (non-hydrogen) atoms. The molecule has 0 radical (unpaired) electrons. The van der Waals surface area contributed by atoms with Crippen molar-refractivity contribution in [3.05, 3.63) is 48.0 Å². The van der Waals surface area contributed by atoms with Crippen LogP contribution in [0.25, 0.3) is 0 Å². The summed E-state index contributed by atoms with van der Waals surface area (Å²) in [5.74, 6) is -5.63. The molecule has 0 bridgehead atoms. The van der Waals surface area contributed by atoms with Gasteiger partial charge in [0.1, 0.15) is 5.78 Å². The second kappa shape index (κ2) is 25.5. The molecule has 9 atom stereocenters. The van der Waals surface area contributed by atoms with Crippen molar-refractivity contribution in [2.75, 3.05) is 54.6 Å². The van der Waals surface area contributed by atoms with Gasteiger partial charge in [0.05, 0.1) is 50.3 Å². The molecule has 3 heterocycles. The maximum atomic E-state index is 16.4. The molecule has 15 nitrogen and oxygen atoms in total. The highest BCUT2D eigenvalue weighted by Gasteiger charge is 2.48. The molecule has 16 heteroatoms. The third kappa shape index (κ3) is 14.1. The number of ketones is 2. The molecule has 372 valence electrons. The van der Waals surface area contributed by atoms with E-state index in [1.54, 1.807) is 23.8 Å². The van der Waals surface area contributed by atoms with Crippen molar-refractivity contribution in [2.45, 2.75) is 142 Å². The summed E-state index contributed by atoms with van der Waals surface area (Å²) in [4.78, 5) is 112. The van der Waals surface area contributed by atoms with E-state index in [9.17, 15) is 38.4 Å². The lowest BCUT2D eigenvalue weighted by Crippen LogP contribution is -2.54. The van der Waals surface area contributed by atoms with Gasteiger partial charge >= 0.3 is 5.97 Å². The Morgan fingerprint density at radius 1 is 0.866 bits per heavy atom. The van der Waals surface area contributed by atoms with Crippen LogP contribution < -0.4 is 0 Å². The number of unbranched alkanes of at least 4 members (excludes halogenated alkanes) is 2. The van der Waals surface area contributed by atoms with Crippen LogP contribution in [0, 0.1) is 29.6 Å². The molecule has 0 spiro atoms. The molecule has 0 unspecified atom stereocenters. The van der Waals surface area contributed by atoms with Crippen LogP contribution in [0.4, 0.5) is 4.39 Å². The number of carbonyl (C=O) groups is 8. The minimum atomic E-state index is -2.30. The molecule has 2 fully saturated rings. The molecule has 0 aromatic heterocycles. The van der Waals surface area contributed by atoms with Crippen LogP contribution >= 0.6 is 0 Å². The number of amides is 5. The lowest BCUT2D eigenvalue weighted by Gasteiger charge is -2.41. The maximum absolute atomic E-state index is 16.4. The van der Waals surface area contributed by atoms with Crippen molar-refractivity contribution in [3.63, 3.8) is 0 Å². The standard InChI is InChI=1S/C51H75FN4O11/c1-10-34(4)47(41(65-7)31-46(62)55-26-17-20-39(55)48(66-8)35(5)40(57)29-37(50(64)67-9)28-36-18-13-11-14-19-36)53(6)49(63)38(33(2)3)30-42(58)51(52)24-27-54(32-51)43(59)21-15-12-16-25-56-44(60)22-23-45(56)61/h11,13-14,18-19,22-23,33-35,37-39,41,47-48H,10,12,15-17,20-21,24-32H2,1-9H3/t34-,35-,37+,38-,39-,41+,47-,48+,51-/m0/s1. The number of ether oxygens (including phenoxy) is 3. The number of methoxy groups -OCH3 is 3. The molecule has 0 N–H and O–H groups in total. The van der Waals surface area contributed by atoms with Gasteiger partial charge in [-0.25, -0.2) is 4.39 Å². The number of Topliss-reactive ketones (excluding diaryl/α,β-unsaturated/α-hetero) is 2. The van der Waals surface area contributed by atoms with Gasteiger partial charge in [-0.2, -0.15) is 0 Å². The lowest BCUT2D eigenvalue weighted by atomic mass is 9.83. The van der Waals surface area contributed by atoms with E-state index in [4.69, 9.17) is 14.2 Å². The van der Waals surface area contributed by atoms with Crippen LogP contribution in [-0.4, -0.2) is 151 Å². The van der Waals surface area contributed by atoms with Gasteiger partial charge in [-0.1, -0.05) is 77.8 Å². The summed E-state index contributed by atoms with van der Waals surface area (Å²) in [5.41, 5.74) is -1.40. The molecule has 1 aromatic rings. The maximum Gasteiger partial charge on any atom is 0.309 e. The molecular weight excluding hydrogens is 864 g/mol. The van der Waals surface area contributed by atoms with Crippen molar-refractivity contribution in [1.82, 2.24) is 19.6 Å². The summed E-state index contributed by atoms with van der Waals surface area (Å²) in [7, 11) is 5.97. The first-order valence-corrected chi connectivity index (χ1v) is 24.1. The van der Waals surface area contributed by atoms with E-state index in [0.29, 0.717) is 51.5 Å². The number of halogens is 1. The largest absolute Gasteiger partial charge is 0.469 e. The second-order valence-corrected chi connectivity index (χ2v) is 19.2. The van der Waals surface area contributed by atoms with Gasteiger partial charge < -0.3 is 28.9 Å². The van der Waals surface area contributed by atoms with Gasteiger partial charge in [-0.05, 0) is 49.5 Å². The third-order valence-electron chi connectivity index (χ3n) is 14.4. The Labute approximate surface area is 396 Å². The number of alkyl halides is 1. The van der Waals surface area contributed by atoms with Crippen LogP contribution in [0.1, 0.15) is 111 Å². The van der Waals surface area contributed by atoms with Gasteiger partial charge in [0.15, 0.2) is 11.5 Å². The number of likely N-dealkylation sites (tertiary alicyclic amines) is 2. The molecule has 1 aromatic carbocycles. The number of nitrogens with zero attached hydrogens (tertiary/aromatic N) is 4. The first-order valence-electron chi connectivity index (χ1n) is 24.1. The Kier molecular flexibility index (Phi) is 20.9. The summed E-state index contributed by atoms with van der Waals surface area (Å²) in [6, 6.07) is 8.42. The smallest absolute Gasteiger partial charge is 0.309 e. The average Bonchev–Trinajstić information content (AvgIpc) is 4.06.